The smallest absolute Gasteiger partial charge is 0.264 e. The van der Waals surface area contributed by atoms with E-state index in [4.69, 9.17) is 23.2 Å². The van der Waals surface area contributed by atoms with E-state index in [0.29, 0.717) is 6.42 Å². The van der Waals surface area contributed by atoms with Gasteiger partial charge < -0.3 is 10.2 Å². The first-order valence-electron chi connectivity index (χ1n) is 15.1. The summed E-state index contributed by atoms with van der Waals surface area (Å²) in [4.78, 5) is 30.0. The molecule has 2 unspecified atom stereocenters. The van der Waals surface area contributed by atoms with Crippen LogP contribution in [0.2, 0.25) is 10.0 Å². The van der Waals surface area contributed by atoms with Gasteiger partial charge in [0.05, 0.1) is 20.6 Å². The quantitative estimate of drug-likeness (QED) is 0.160. The zero-order valence-electron chi connectivity index (χ0n) is 26.4. The van der Waals surface area contributed by atoms with Gasteiger partial charge in [-0.2, -0.15) is 0 Å². The number of anilines is 1. The third-order valence-corrected chi connectivity index (χ3v) is 10.4. The van der Waals surface area contributed by atoms with Gasteiger partial charge in [-0.3, -0.25) is 13.9 Å². The Morgan fingerprint density at radius 2 is 1.48 bits per heavy atom. The lowest BCUT2D eigenvalue weighted by molar-refractivity contribution is -0.140. The molecule has 4 aromatic rings. The summed E-state index contributed by atoms with van der Waals surface area (Å²) in [6, 6.07) is 27.0. The van der Waals surface area contributed by atoms with Crippen LogP contribution in [0, 0.1) is 13.8 Å². The molecule has 242 valence electrons. The number of aryl methyl sites for hydroxylation is 2. The van der Waals surface area contributed by atoms with Gasteiger partial charge in [0.15, 0.2) is 0 Å². The molecule has 4 rings (SSSR count). The van der Waals surface area contributed by atoms with Gasteiger partial charge >= 0.3 is 0 Å². The monoisotopic (exact) mass is 679 g/mol. The van der Waals surface area contributed by atoms with Crippen LogP contribution in [0.5, 0.6) is 0 Å². The van der Waals surface area contributed by atoms with Crippen molar-refractivity contribution in [2.24, 2.45) is 0 Å². The van der Waals surface area contributed by atoms with Crippen molar-refractivity contribution < 1.29 is 18.0 Å². The fourth-order valence-electron chi connectivity index (χ4n) is 5.04. The molecule has 2 amide bonds. The van der Waals surface area contributed by atoms with Crippen LogP contribution in [0.15, 0.2) is 102 Å². The second kappa shape index (κ2) is 15.6. The fraction of sp³-hybridized carbons (Fsp3) is 0.278. The van der Waals surface area contributed by atoms with Gasteiger partial charge in [-0.25, -0.2) is 8.42 Å². The third kappa shape index (κ3) is 8.69. The van der Waals surface area contributed by atoms with Gasteiger partial charge in [-0.05, 0) is 62.6 Å². The van der Waals surface area contributed by atoms with E-state index >= 15 is 0 Å². The Balaban J connectivity index is 1.84. The highest BCUT2D eigenvalue weighted by molar-refractivity contribution is 7.92. The van der Waals surface area contributed by atoms with E-state index in [0.717, 1.165) is 26.6 Å². The minimum absolute atomic E-state index is 0.00626. The van der Waals surface area contributed by atoms with Crippen molar-refractivity contribution in [1.82, 2.24) is 10.2 Å². The number of hydrogen-bond donors (Lipinski definition) is 1. The molecule has 0 aliphatic rings. The Hall–Kier alpha value is -3.85. The zero-order chi connectivity index (χ0) is 33.4. The average molecular weight is 681 g/mol. The maximum absolute atomic E-state index is 14.6. The van der Waals surface area contributed by atoms with E-state index in [1.165, 1.54) is 23.1 Å². The molecule has 0 saturated carbocycles. The van der Waals surface area contributed by atoms with Crippen LogP contribution in [0.1, 0.15) is 42.5 Å². The van der Waals surface area contributed by atoms with Gasteiger partial charge in [0, 0.05) is 19.0 Å². The summed E-state index contributed by atoms with van der Waals surface area (Å²) in [6.07, 6.45) is 0.925. The average Bonchev–Trinajstić information content (AvgIpc) is 3.03. The highest BCUT2D eigenvalue weighted by Gasteiger charge is 2.35. The fourth-order valence-corrected chi connectivity index (χ4v) is 6.91. The summed E-state index contributed by atoms with van der Waals surface area (Å²) in [7, 11) is -4.30. The summed E-state index contributed by atoms with van der Waals surface area (Å²) in [5.74, 6) is -0.901. The van der Waals surface area contributed by atoms with Gasteiger partial charge in [-0.1, -0.05) is 114 Å². The Kier molecular flexibility index (Phi) is 11.9. The van der Waals surface area contributed by atoms with Crippen molar-refractivity contribution in [3.05, 3.63) is 129 Å². The second-order valence-corrected chi connectivity index (χ2v) is 14.1. The molecule has 4 aromatic carbocycles. The molecule has 0 radical (unpaired) electrons. The Morgan fingerprint density at radius 3 is 2.13 bits per heavy atom. The van der Waals surface area contributed by atoms with E-state index in [1.807, 2.05) is 82.3 Å². The van der Waals surface area contributed by atoms with Crippen molar-refractivity contribution in [2.75, 3.05) is 10.8 Å². The predicted molar refractivity (Wildman–Crippen MR) is 186 cm³/mol. The molecule has 46 heavy (non-hydrogen) atoms. The first kappa shape index (κ1) is 35.0. The normalized spacial score (nSPS) is 12.7. The highest BCUT2D eigenvalue weighted by Crippen LogP contribution is 2.35. The second-order valence-electron chi connectivity index (χ2n) is 11.4. The SMILES string of the molecule is CCC(C)NC(=O)C(Cc1ccccc1)N(Cc1cccc(C)c1)C(=O)CN(c1cccc(Cl)c1Cl)S(=O)(=O)c1ccc(C)cc1. The Labute approximate surface area is 282 Å². The zero-order valence-corrected chi connectivity index (χ0v) is 28.7. The van der Waals surface area contributed by atoms with E-state index < -0.39 is 28.5 Å². The molecule has 0 aliphatic heterocycles. The molecular formula is C36H39Cl2N3O4S. The van der Waals surface area contributed by atoms with E-state index in [9.17, 15) is 18.0 Å². The van der Waals surface area contributed by atoms with Gasteiger partial charge in [-0.15, -0.1) is 0 Å². The van der Waals surface area contributed by atoms with Crippen molar-refractivity contribution in [3.63, 3.8) is 0 Å². The largest absolute Gasteiger partial charge is 0.352 e. The minimum atomic E-state index is -4.30. The number of carbonyl (C=O) groups excluding carboxylic acids is 2. The summed E-state index contributed by atoms with van der Waals surface area (Å²) >= 11 is 12.9. The first-order valence-corrected chi connectivity index (χ1v) is 17.3. The van der Waals surface area contributed by atoms with Gasteiger partial charge in [0.2, 0.25) is 11.8 Å². The number of nitrogens with one attached hydrogen (secondary N) is 1. The number of carbonyl (C=O) groups is 2. The molecule has 7 nitrogen and oxygen atoms in total. The number of rotatable bonds is 13. The lowest BCUT2D eigenvalue weighted by Gasteiger charge is -2.34. The predicted octanol–water partition coefficient (Wildman–Crippen LogP) is 7.36. The molecule has 0 bridgehead atoms. The van der Waals surface area contributed by atoms with Crippen LogP contribution < -0.4 is 9.62 Å². The molecule has 0 fully saturated rings. The van der Waals surface area contributed by atoms with Crippen LogP contribution in [-0.2, 0) is 32.6 Å². The summed E-state index contributed by atoms with van der Waals surface area (Å²) in [6.45, 7) is 7.13. The molecule has 0 spiro atoms. The third-order valence-electron chi connectivity index (χ3n) is 7.80. The maximum Gasteiger partial charge on any atom is 0.264 e. The number of amides is 2. The summed E-state index contributed by atoms with van der Waals surface area (Å²) < 4.78 is 29.4. The standard InChI is InChI=1S/C36H39Cl2N3O4S/c1-5-27(4)39-36(43)33(22-28-12-7-6-8-13-28)40(23-29-14-9-11-26(3)21-29)34(42)24-41(32-16-10-15-31(37)35(32)38)46(44,45)30-19-17-25(2)18-20-30/h6-21,27,33H,5,22-24H2,1-4H3,(H,39,43). The molecule has 10 heteroatoms. The van der Waals surface area contributed by atoms with Crippen molar-refractivity contribution in [3.8, 4) is 0 Å². The summed E-state index contributed by atoms with van der Waals surface area (Å²) in [5, 5.41) is 3.18. The van der Waals surface area contributed by atoms with E-state index in [1.54, 1.807) is 24.3 Å². The van der Waals surface area contributed by atoms with Gasteiger partial charge in [0.25, 0.3) is 10.0 Å². The van der Waals surface area contributed by atoms with Gasteiger partial charge in [0.1, 0.15) is 12.6 Å². The molecule has 0 aromatic heterocycles. The Morgan fingerprint density at radius 1 is 0.826 bits per heavy atom. The topological polar surface area (TPSA) is 86.8 Å². The van der Waals surface area contributed by atoms with Crippen molar-refractivity contribution in [2.45, 2.75) is 64.1 Å². The lowest BCUT2D eigenvalue weighted by Crippen LogP contribution is -2.54. The van der Waals surface area contributed by atoms with Crippen LogP contribution in [0.4, 0.5) is 5.69 Å². The van der Waals surface area contributed by atoms with Crippen molar-refractivity contribution >= 4 is 50.7 Å². The molecule has 2 atom stereocenters. The summed E-state index contributed by atoms with van der Waals surface area (Å²) in [5.41, 5.74) is 3.58. The molecular weight excluding hydrogens is 641 g/mol. The highest BCUT2D eigenvalue weighted by atomic mass is 35.5. The maximum atomic E-state index is 14.6. The first-order chi connectivity index (χ1) is 21.9. The van der Waals surface area contributed by atoms with Crippen LogP contribution in [0.3, 0.4) is 0 Å². The molecule has 0 aliphatic carbocycles. The Bertz CT molecular complexity index is 1770. The number of benzene rings is 4. The van der Waals surface area contributed by atoms with E-state index in [2.05, 4.69) is 5.32 Å². The number of nitrogens with zero attached hydrogens (tertiary/aromatic N) is 2. The number of sulfonamides is 1. The molecule has 0 heterocycles. The van der Waals surface area contributed by atoms with E-state index in [-0.39, 0.29) is 45.5 Å². The molecule has 0 saturated heterocycles. The van der Waals surface area contributed by atoms with Crippen LogP contribution in [0.25, 0.3) is 0 Å². The van der Waals surface area contributed by atoms with Crippen LogP contribution in [-0.4, -0.2) is 43.8 Å². The number of hydrogen-bond acceptors (Lipinski definition) is 4. The van der Waals surface area contributed by atoms with Crippen molar-refractivity contribution in [1.29, 1.82) is 0 Å². The molecule has 1 N–H and O–H groups in total. The lowest BCUT2D eigenvalue weighted by atomic mass is 10.0. The number of halogens is 2. The minimum Gasteiger partial charge on any atom is -0.352 e. The van der Waals surface area contributed by atoms with Crippen LogP contribution >= 0.6 is 23.2 Å².